The summed E-state index contributed by atoms with van der Waals surface area (Å²) in [6.07, 6.45) is 3.72. The normalized spacial score (nSPS) is 14.7. The summed E-state index contributed by atoms with van der Waals surface area (Å²) in [6.45, 7) is 5.82. The Labute approximate surface area is 137 Å². The molecule has 0 aliphatic carbocycles. The van der Waals surface area contributed by atoms with Crippen molar-refractivity contribution in [3.8, 4) is 0 Å². The average molecular weight is 342 g/mol. The molecule has 1 heterocycles. The standard InChI is InChI=1S/C15H22N2O3S2/c1-5-20-15(18)9-8-14(21)17-22(4,19)12(3)13-7-6-11(2)16-10-13/h6-7,10,12H,5,8-9H2,1-4H3. The summed E-state index contributed by atoms with van der Waals surface area (Å²) >= 11 is 5.13. The first-order valence-electron chi connectivity index (χ1n) is 7.08. The van der Waals surface area contributed by atoms with Crippen LogP contribution in [0, 0.1) is 6.92 Å². The highest BCUT2D eigenvalue weighted by atomic mass is 32.2. The molecule has 0 aromatic carbocycles. The number of rotatable bonds is 6. The minimum Gasteiger partial charge on any atom is -0.466 e. The number of nitrogens with zero attached hydrogens (tertiary/aromatic N) is 2. The Morgan fingerprint density at radius 1 is 1.45 bits per heavy atom. The lowest BCUT2D eigenvalue weighted by Crippen LogP contribution is -2.11. The summed E-state index contributed by atoms with van der Waals surface area (Å²) in [5, 5.41) is -0.291. The molecule has 0 N–H and O–H groups in total. The van der Waals surface area contributed by atoms with Crippen LogP contribution < -0.4 is 0 Å². The first kappa shape index (κ1) is 18.7. The fourth-order valence-electron chi connectivity index (χ4n) is 1.74. The molecular formula is C15H22N2O3S2. The van der Waals surface area contributed by atoms with Crippen molar-refractivity contribution in [2.45, 2.75) is 38.9 Å². The first-order valence-corrected chi connectivity index (χ1v) is 9.47. The van der Waals surface area contributed by atoms with Gasteiger partial charge in [-0.15, -0.1) is 0 Å². The lowest BCUT2D eigenvalue weighted by molar-refractivity contribution is -0.142. The van der Waals surface area contributed by atoms with E-state index >= 15 is 0 Å². The highest BCUT2D eigenvalue weighted by Crippen LogP contribution is 2.22. The fourth-order valence-corrected chi connectivity index (χ4v) is 3.59. The number of pyridine rings is 1. The Morgan fingerprint density at radius 3 is 2.68 bits per heavy atom. The predicted octanol–water partition coefficient (Wildman–Crippen LogP) is 3.22. The van der Waals surface area contributed by atoms with Crippen LogP contribution >= 0.6 is 12.2 Å². The zero-order valence-corrected chi connectivity index (χ0v) is 15.0. The maximum Gasteiger partial charge on any atom is 0.306 e. The maximum atomic E-state index is 12.8. The minimum absolute atomic E-state index is 0.159. The van der Waals surface area contributed by atoms with Crippen LogP contribution in [0.1, 0.15) is 43.2 Å². The van der Waals surface area contributed by atoms with Crippen LogP contribution in [0.15, 0.2) is 22.7 Å². The van der Waals surface area contributed by atoms with Crippen molar-refractivity contribution in [2.24, 2.45) is 4.36 Å². The highest BCUT2D eigenvalue weighted by molar-refractivity contribution is 7.94. The zero-order valence-electron chi connectivity index (χ0n) is 13.4. The predicted molar refractivity (Wildman–Crippen MR) is 92.3 cm³/mol. The summed E-state index contributed by atoms with van der Waals surface area (Å²) in [6, 6.07) is 3.77. The molecule has 0 saturated heterocycles. The van der Waals surface area contributed by atoms with Gasteiger partial charge in [-0.3, -0.25) is 9.78 Å². The van der Waals surface area contributed by atoms with Gasteiger partial charge in [0.1, 0.15) is 4.99 Å². The third-order valence-corrected chi connectivity index (χ3v) is 5.77. The number of thiocarbonyl (C=S) groups is 1. The van der Waals surface area contributed by atoms with Gasteiger partial charge in [0.25, 0.3) is 0 Å². The van der Waals surface area contributed by atoms with Gasteiger partial charge in [0.05, 0.1) is 28.0 Å². The van der Waals surface area contributed by atoms with Crippen LogP contribution in [0.25, 0.3) is 0 Å². The zero-order chi connectivity index (χ0) is 16.8. The monoisotopic (exact) mass is 342 g/mol. The van der Waals surface area contributed by atoms with Gasteiger partial charge in [0, 0.05) is 24.6 Å². The molecule has 0 aliphatic heterocycles. The number of esters is 1. The Hall–Kier alpha value is -1.34. The van der Waals surface area contributed by atoms with Crippen molar-refractivity contribution in [1.29, 1.82) is 0 Å². The van der Waals surface area contributed by atoms with Crippen LogP contribution in [0.5, 0.6) is 0 Å². The molecule has 2 atom stereocenters. The molecule has 1 rings (SSSR count). The third-order valence-electron chi connectivity index (χ3n) is 3.19. The van der Waals surface area contributed by atoms with Gasteiger partial charge < -0.3 is 4.74 Å². The molecule has 1 aromatic rings. The van der Waals surface area contributed by atoms with Crippen molar-refractivity contribution in [3.63, 3.8) is 0 Å². The summed E-state index contributed by atoms with van der Waals surface area (Å²) < 4.78 is 21.7. The van der Waals surface area contributed by atoms with Crippen molar-refractivity contribution >= 4 is 32.9 Å². The van der Waals surface area contributed by atoms with Crippen LogP contribution in [0.4, 0.5) is 0 Å². The molecule has 0 bridgehead atoms. The molecular weight excluding hydrogens is 320 g/mol. The van der Waals surface area contributed by atoms with Crippen molar-refractivity contribution in [2.75, 3.05) is 12.9 Å². The van der Waals surface area contributed by atoms with Crippen LogP contribution in [-0.2, 0) is 19.3 Å². The highest BCUT2D eigenvalue weighted by Gasteiger charge is 2.17. The Morgan fingerprint density at radius 2 is 2.14 bits per heavy atom. The van der Waals surface area contributed by atoms with E-state index in [4.69, 9.17) is 17.0 Å². The quantitative estimate of drug-likeness (QED) is 0.586. The molecule has 1 aromatic heterocycles. The molecule has 0 radical (unpaired) electrons. The smallest absolute Gasteiger partial charge is 0.306 e. The summed E-state index contributed by atoms with van der Waals surface area (Å²) in [4.78, 5) is 15.8. The second-order valence-electron chi connectivity index (χ2n) is 5.03. The molecule has 0 spiro atoms. The Balaban J connectivity index is 2.79. The molecule has 0 amide bonds. The Kier molecular flexibility index (Phi) is 7.09. The lowest BCUT2D eigenvalue weighted by atomic mass is 10.2. The topological polar surface area (TPSA) is 68.6 Å². The van der Waals surface area contributed by atoms with Crippen LogP contribution in [0.3, 0.4) is 0 Å². The average Bonchev–Trinajstić information content (AvgIpc) is 2.45. The second kappa shape index (κ2) is 8.33. The number of aryl methyl sites for hydroxylation is 1. The molecule has 5 nitrogen and oxygen atoms in total. The molecule has 0 saturated carbocycles. The molecule has 122 valence electrons. The van der Waals surface area contributed by atoms with E-state index in [1.807, 2.05) is 26.0 Å². The van der Waals surface area contributed by atoms with E-state index in [2.05, 4.69) is 9.35 Å². The van der Waals surface area contributed by atoms with Gasteiger partial charge in [0.2, 0.25) is 0 Å². The molecule has 2 unspecified atom stereocenters. The van der Waals surface area contributed by atoms with E-state index in [1.165, 1.54) is 0 Å². The van der Waals surface area contributed by atoms with Gasteiger partial charge in [-0.25, -0.2) is 4.21 Å². The van der Waals surface area contributed by atoms with E-state index in [-0.39, 0.29) is 29.0 Å². The number of aromatic nitrogens is 1. The lowest BCUT2D eigenvalue weighted by Gasteiger charge is -2.14. The first-order chi connectivity index (χ1) is 10.3. The molecule has 0 fully saturated rings. The molecule has 7 heteroatoms. The largest absolute Gasteiger partial charge is 0.466 e. The number of ether oxygens (including phenoxy) is 1. The van der Waals surface area contributed by atoms with Crippen molar-refractivity contribution < 1.29 is 13.7 Å². The third kappa shape index (κ3) is 5.81. The van der Waals surface area contributed by atoms with Crippen molar-refractivity contribution in [3.05, 3.63) is 29.6 Å². The van der Waals surface area contributed by atoms with Gasteiger partial charge in [-0.1, -0.05) is 18.3 Å². The van der Waals surface area contributed by atoms with E-state index < -0.39 is 9.73 Å². The summed E-state index contributed by atoms with van der Waals surface area (Å²) in [7, 11) is -2.54. The van der Waals surface area contributed by atoms with Crippen LogP contribution in [0.2, 0.25) is 0 Å². The maximum absolute atomic E-state index is 12.8. The summed E-state index contributed by atoms with van der Waals surface area (Å²) in [5.41, 5.74) is 1.76. The number of hydrogen-bond acceptors (Lipinski definition) is 5. The molecule has 0 aliphatic rings. The second-order valence-corrected chi connectivity index (χ2v) is 8.11. The van der Waals surface area contributed by atoms with Crippen molar-refractivity contribution in [1.82, 2.24) is 4.98 Å². The van der Waals surface area contributed by atoms with Crippen LogP contribution in [-0.4, -0.2) is 33.0 Å². The summed E-state index contributed by atoms with van der Waals surface area (Å²) in [5.74, 6) is -0.321. The van der Waals surface area contributed by atoms with E-state index in [1.54, 1.807) is 19.4 Å². The SMILES string of the molecule is CCOC(=O)CCC(=S)N=S(C)(=O)C(C)c1ccc(C)nc1. The fraction of sp³-hybridized carbons (Fsp3) is 0.533. The number of hydrogen-bond donors (Lipinski definition) is 0. The van der Waals surface area contributed by atoms with E-state index in [0.29, 0.717) is 6.61 Å². The van der Waals surface area contributed by atoms with Gasteiger partial charge in [-0.05, 0) is 32.4 Å². The Bertz CT molecular complexity index is 647. The van der Waals surface area contributed by atoms with E-state index in [9.17, 15) is 9.00 Å². The van der Waals surface area contributed by atoms with Gasteiger partial charge in [0.15, 0.2) is 0 Å². The molecule has 22 heavy (non-hydrogen) atoms. The number of carbonyl (C=O) groups is 1. The minimum atomic E-state index is -2.54. The van der Waals surface area contributed by atoms with Gasteiger partial charge >= 0.3 is 5.97 Å². The van der Waals surface area contributed by atoms with Gasteiger partial charge in [-0.2, -0.15) is 4.36 Å². The number of carbonyl (C=O) groups excluding carboxylic acids is 1. The van der Waals surface area contributed by atoms with E-state index in [0.717, 1.165) is 11.3 Å².